The van der Waals surface area contributed by atoms with Crippen molar-refractivity contribution in [1.82, 2.24) is 0 Å². The maximum atomic E-state index is 10.9. The Balaban J connectivity index is 3.51. The van der Waals surface area contributed by atoms with Crippen molar-refractivity contribution >= 4 is 28.6 Å². The zero-order valence-corrected chi connectivity index (χ0v) is 8.17. The SMILES string of the molecule is N#CC(=O)CCSC(=O)CCC(=O)O. The average Bonchev–Trinajstić information content (AvgIpc) is 2.14. The van der Waals surface area contributed by atoms with E-state index in [0.29, 0.717) is 0 Å². The van der Waals surface area contributed by atoms with E-state index in [1.54, 1.807) is 0 Å². The molecule has 0 aliphatic rings. The first kappa shape index (κ1) is 12.7. The lowest BCUT2D eigenvalue weighted by molar-refractivity contribution is -0.138. The molecule has 0 spiro atoms. The van der Waals surface area contributed by atoms with E-state index < -0.39 is 11.8 Å². The summed E-state index contributed by atoms with van der Waals surface area (Å²) in [6.45, 7) is 0. The summed E-state index contributed by atoms with van der Waals surface area (Å²) in [6, 6.07) is 1.43. The lowest BCUT2D eigenvalue weighted by Crippen LogP contribution is -2.02. The third-order valence-electron chi connectivity index (χ3n) is 1.26. The van der Waals surface area contributed by atoms with Crippen LogP contribution >= 0.6 is 11.8 Å². The monoisotopic (exact) mass is 215 g/mol. The van der Waals surface area contributed by atoms with E-state index >= 15 is 0 Å². The minimum absolute atomic E-state index is 0.0278. The van der Waals surface area contributed by atoms with Crippen LogP contribution in [0, 0.1) is 11.3 Å². The Labute approximate surface area is 85.1 Å². The second-order valence-corrected chi connectivity index (χ2v) is 3.55. The second-order valence-electron chi connectivity index (χ2n) is 2.40. The van der Waals surface area contributed by atoms with Gasteiger partial charge in [0.25, 0.3) is 0 Å². The molecule has 0 fully saturated rings. The Bertz CT molecular complexity index is 282. The van der Waals surface area contributed by atoms with Gasteiger partial charge >= 0.3 is 5.97 Å². The van der Waals surface area contributed by atoms with Gasteiger partial charge in [-0.2, -0.15) is 5.26 Å². The first-order valence-corrected chi connectivity index (χ1v) is 4.85. The van der Waals surface area contributed by atoms with Gasteiger partial charge in [-0.1, -0.05) is 11.8 Å². The van der Waals surface area contributed by atoms with Gasteiger partial charge in [0.15, 0.2) is 5.12 Å². The molecule has 0 aromatic carbocycles. The number of carboxylic acids is 1. The molecule has 1 N–H and O–H groups in total. The molecule has 0 saturated heterocycles. The molecule has 0 aliphatic carbocycles. The fourth-order valence-corrected chi connectivity index (χ4v) is 1.36. The van der Waals surface area contributed by atoms with Crippen LogP contribution in [-0.4, -0.2) is 27.7 Å². The molecule has 14 heavy (non-hydrogen) atoms. The van der Waals surface area contributed by atoms with Gasteiger partial charge in [0, 0.05) is 18.6 Å². The maximum absolute atomic E-state index is 10.9. The lowest BCUT2D eigenvalue weighted by Gasteiger charge is -1.95. The molecule has 76 valence electrons. The zero-order chi connectivity index (χ0) is 11.0. The van der Waals surface area contributed by atoms with Crippen LogP contribution in [0.5, 0.6) is 0 Å². The number of nitrogens with zero attached hydrogens (tertiary/aromatic N) is 1. The first-order chi connectivity index (χ1) is 6.56. The Kier molecular flexibility index (Phi) is 6.41. The Morgan fingerprint density at radius 1 is 1.21 bits per heavy atom. The molecule has 0 unspecified atom stereocenters. The molecule has 0 atom stereocenters. The van der Waals surface area contributed by atoms with Gasteiger partial charge in [-0.15, -0.1) is 0 Å². The van der Waals surface area contributed by atoms with Gasteiger partial charge in [0.05, 0.1) is 6.42 Å². The van der Waals surface area contributed by atoms with E-state index in [2.05, 4.69) is 0 Å². The number of carbonyl (C=O) groups excluding carboxylic acids is 2. The van der Waals surface area contributed by atoms with Crippen molar-refractivity contribution in [3.05, 3.63) is 0 Å². The molecule has 0 amide bonds. The molecular weight excluding hydrogens is 206 g/mol. The molecule has 0 rings (SSSR count). The molecule has 0 aliphatic heterocycles. The summed E-state index contributed by atoms with van der Waals surface area (Å²) in [5, 5.41) is 16.1. The summed E-state index contributed by atoms with van der Waals surface area (Å²) in [5.41, 5.74) is 0. The van der Waals surface area contributed by atoms with Gasteiger partial charge in [0.1, 0.15) is 6.07 Å². The van der Waals surface area contributed by atoms with Crippen molar-refractivity contribution in [2.75, 3.05) is 5.75 Å². The molecule has 0 radical (unpaired) electrons. The van der Waals surface area contributed by atoms with Crippen LogP contribution in [-0.2, 0) is 14.4 Å². The van der Waals surface area contributed by atoms with Gasteiger partial charge < -0.3 is 5.11 Å². The highest BCUT2D eigenvalue weighted by Gasteiger charge is 2.07. The van der Waals surface area contributed by atoms with E-state index in [9.17, 15) is 14.4 Å². The number of rotatable bonds is 6. The number of hydrogen-bond donors (Lipinski definition) is 1. The number of carbonyl (C=O) groups is 3. The van der Waals surface area contributed by atoms with Crippen LogP contribution in [0.1, 0.15) is 19.3 Å². The average molecular weight is 215 g/mol. The van der Waals surface area contributed by atoms with Gasteiger partial charge in [-0.3, -0.25) is 14.4 Å². The summed E-state index contributed by atoms with van der Waals surface area (Å²) >= 11 is 0.888. The van der Waals surface area contributed by atoms with Crippen molar-refractivity contribution in [2.24, 2.45) is 0 Å². The highest BCUT2D eigenvalue weighted by Crippen LogP contribution is 2.08. The molecule has 0 heterocycles. The van der Waals surface area contributed by atoms with E-state index in [0.717, 1.165) is 11.8 Å². The predicted molar refractivity (Wildman–Crippen MR) is 49.6 cm³/mol. The van der Waals surface area contributed by atoms with E-state index in [1.165, 1.54) is 6.07 Å². The molecule has 0 aromatic rings. The molecule has 6 heteroatoms. The lowest BCUT2D eigenvalue weighted by atomic mass is 10.3. The van der Waals surface area contributed by atoms with Gasteiger partial charge in [-0.05, 0) is 0 Å². The minimum atomic E-state index is -1.02. The van der Waals surface area contributed by atoms with Crippen LogP contribution in [0.25, 0.3) is 0 Å². The van der Waals surface area contributed by atoms with Crippen LogP contribution < -0.4 is 0 Å². The Hall–Kier alpha value is -1.35. The summed E-state index contributed by atoms with van der Waals surface area (Å²) in [6.07, 6.45) is -0.210. The van der Waals surface area contributed by atoms with E-state index in [4.69, 9.17) is 10.4 Å². The number of carboxylic acid groups (broad SMARTS) is 1. The number of thioether (sulfide) groups is 1. The number of hydrogen-bond acceptors (Lipinski definition) is 5. The van der Waals surface area contributed by atoms with Crippen molar-refractivity contribution in [3.8, 4) is 6.07 Å². The molecule has 0 saturated carbocycles. The fourth-order valence-electron chi connectivity index (χ4n) is 0.595. The van der Waals surface area contributed by atoms with Crippen molar-refractivity contribution in [1.29, 1.82) is 5.26 Å². The molecule has 5 nitrogen and oxygen atoms in total. The molecule has 0 aromatic heterocycles. The number of Topliss-reactive ketones (excluding diaryl/α,β-unsaturated/α-hetero) is 1. The van der Waals surface area contributed by atoms with Crippen molar-refractivity contribution < 1.29 is 19.5 Å². The van der Waals surface area contributed by atoms with Crippen LogP contribution in [0.2, 0.25) is 0 Å². The van der Waals surface area contributed by atoms with Crippen LogP contribution in [0.15, 0.2) is 0 Å². The largest absolute Gasteiger partial charge is 0.481 e. The normalized spacial score (nSPS) is 9.07. The Morgan fingerprint density at radius 3 is 2.36 bits per heavy atom. The number of nitriles is 1. The maximum Gasteiger partial charge on any atom is 0.303 e. The zero-order valence-electron chi connectivity index (χ0n) is 7.36. The summed E-state index contributed by atoms with van der Waals surface area (Å²) in [7, 11) is 0. The third-order valence-corrected chi connectivity index (χ3v) is 2.19. The van der Waals surface area contributed by atoms with Crippen LogP contribution in [0.4, 0.5) is 0 Å². The topological polar surface area (TPSA) is 95.2 Å². The van der Waals surface area contributed by atoms with Crippen LogP contribution in [0.3, 0.4) is 0 Å². The summed E-state index contributed by atoms with van der Waals surface area (Å²) < 4.78 is 0. The molecular formula is C8H9NO4S. The quantitative estimate of drug-likeness (QED) is 0.651. The Morgan fingerprint density at radius 2 is 1.86 bits per heavy atom. The first-order valence-electron chi connectivity index (χ1n) is 3.86. The minimum Gasteiger partial charge on any atom is -0.481 e. The van der Waals surface area contributed by atoms with E-state index in [1.807, 2.05) is 0 Å². The standard InChI is InChI=1S/C8H9NO4S/c9-5-6(10)3-4-14-8(13)2-1-7(11)12/h1-4H2,(H,11,12). The number of ketones is 1. The predicted octanol–water partition coefficient (Wildman–Crippen LogP) is 0.594. The van der Waals surface area contributed by atoms with Crippen molar-refractivity contribution in [3.63, 3.8) is 0 Å². The third kappa shape index (κ3) is 7.31. The highest BCUT2D eigenvalue weighted by atomic mass is 32.2. The van der Waals surface area contributed by atoms with E-state index in [-0.39, 0.29) is 30.1 Å². The van der Waals surface area contributed by atoms with Gasteiger partial charge in [0.2, 0.25) is 5.78 Å². The fraction of sp³-hybridized carbons (Fsp3) is 0.500. The molecule has 0 bridgehead atoms. The second kappa shape index (κ2) is 7.09. The smallest absolute Gasteiger partial charge is 0.303 e. The van der Waals surface area contributed by atoms with Gasteiger partial charge in [-0.25, -0.2) is 0 Å². The number of aliphatic carboxylic acids is 1. The summed E-state index contributed by atoms with van der Waals surface area (Å²) in [5.74, 6) is -1.35. The summed E-state index contributed by atoms with van der Waals surface area (Å²) in [4.78, 5) is 31.5. The highest BCUT2D eigenvalue weighted by molar-refractivity contribution is 8.13. The van der Waals surface area contributed by atoms with Crippen molar-refractivity contribution in [2.45, 2.75) is 19.3 Å².